The number of hydrogen-bond acceptors (Lipinski definition) is 4. The number of amides is 1. The van der Waals surface area contributed by atoms with Crippen LogP contribution in [0.5, 0.6) is 0 Å². The molecule has 0 radical (unpaired) electrons. The molecule has 0 unspecified atom stereocenters. The predicted octanol–water partition coefficient (Wildman–Crippen LogP) is 4.67. The van der Waals surface area contributed by atoms with Crippen LogP contribution in [0.15, 0.2) is 36.4 Å². The van der Waals surface area contributed by atoms with Crippen LogP contribution in [0.4, 0.5) is 5.69 Å². The average molecular weight is 422 g/mol. The molecule has 0 bridgehead atoms. The molecule has 28 heavy (non-hydrogen) atoms. The highest BCUT2D eigenvalue weighted by Crippen LogP contribution is 2.23. The maximum atomic E-state index is 12.8. The lowest BCUT2D eigenvalue weighted by Crippen LogP contribution is -2.36. The van der Waals surface area contributed by atoms with E-state index in [9.17, 15) is 4.79 Å². The van der Waals surface area contributed by atoms with Crippen molar-refractivity contribution in [3.63, 3.8) is 0 Å². The van der Waals surface area contributed by atoms with Gasteiger partial charge in [-0.15, -0.1) is 0 Å². The lowest BCUT2D eigenvalue weighted by atomic mass is 10.1. The number of pyridine rings is 1. The number of carbonyl (C=O) groups is 1. The van der Waals surface area contributed by atoms with Crippen LogP contribution in [-0.2, 0) is 11.3 Å². The zero-order valence-electron chi connectivity index (χ0n) is 16.2. The summed E-state index contributed by atoms with van der Waals surface area (Å²) in [5.41, 5.74) is 2.45. The molecule has 1 aliphatic rings. The number of methoxy groups -OCH3 is 1. The van der Waals surface area contributed by atoms with Gasteiger partial charge in [-0.25, -0.2) is 4.98 Å². The Morgan fingerprint density at radius 3 is 2.46 bits per heavy atom. The van der Waals surface area contributed by atoms with Crippen molar-refractivity contribution in [3.05, 3.63) is 57.8 Å². The minimum absolute atomic E-state index is 0.189. The normalized spacial score (nSPS) is 14.9. The van der Waals surface area contributed by atoms with Crippen molar-refractivity contribution in [3.8, 4) is 0 Å². The Morgan fingerprint density at radius 2 is 1.86 bits per heavy atom. The quantitative estimate of drug-likeness (QED) is 0.635. The first kappa shape index (κ1) is 20.9. The van der Waals surface area contributed by atoms with Crippen LogP contribution < -0.4 is 4.90 Å². The van der Waals surface area contributed by atoms with Gasteiger partial charge < -0.3 is 14.5 Å². The molecule has 1 amide bonds. The minimum atomic E-state index is -0.222. The fraction of sp³-hybridized carbons (Fsp3) is 0.429. The first-order valence-electron chi connectivity index (χ1n) is 9.49. The predicted molar refractivity (Wildman–Crippen MR) is 113 cm³/mol. The Labute approximate surface area is 176 Å². The molecular formula is C21H25Cl2N3O2. The van der Waals surface area contributed by atoms with Gasteiger partial charge in [0.25, 0.3) is 5.91 Å². The van der Waals surface area contributed by atoms with Crippen LogP contribution in [0.2, 0.25) is 10.2 Å². The number of carbonyl (C=O) groups excluding carboxylic acids is 1. The number of nitrogens with zero attached hydrogens (tertiary/aromatic N) is 3. The van der Waals surface area contributed by atoms with E-state index < -0.39 is 0 Å². The number of benzene rings is 1. The second-order valence-corrected chi connectivity index (χ2v) is 7.67. The number of aromatic nitrogens is 1. The molecule has 0 saturated carbocycles. The van der Waals surface area contributed by atoms with Crippen molar-refractivity contribution in [2.45, 2.75) is 32.4 Å². The smallest absolute Gasteiger partial charge is 0.274 e. The summed E-state index contributed by atoms with van der Waals surface area (Å²) in [6, 6.07) is 11.5. The molecule has 0 spiro atoms. The number of anilines is 1. The van der Waals surface area contributed by atoms with Crippen molar-refractivity contribution >= 4 is 34.8 Å². The van der Waals surface area contributed by atoms with Gasteiger partial charge in [0.2, 0.25) is 0 Å². The fourth-order valence-electron chi connectivity index (χ4n) is 3.43. The van der Waals surface area contributed by atoms with E-state index in [1.807, 2.05) is 6.92 Å². The first-order chi connectivity index (χ1) is 13.5. The van der Waals surface area contributed by atoms with Gasteiger partial charge in [0.05, 0.1) is 11.1 Å². The van der Waals surface area contributed by atoms with E-state index >= 15 is 0 Å². The molecular weight excluding hydrogens is 397 g/mol. The number of piperidine rings is 1. The molecule has 1 saturated heterocycles. The van der Waals surface area contributed by atoms with Crippen molar-refractivity contribution in [1.29, 1.82) is 0 Å². The van der Waals surface area contributed by atoms with E-state index in [0.29, 0.717) is 24.2 Å². The first-order valence-corrected chi connectivity index (χ1v) is 10.3. The molecule has 1 aromatic carbocycles. The molecule has 5 nitrogen and oxygen atoms in total. The Bertz CT molecular complexity index is 806. The van der Waals surface area contributed by atoms with E-state index in [2.05, 4.69) is 34.1 Å². The third-order valence-corrected chi connectivity index (χ3v) is 5.65. The molecule has 0 N–H and O–H groups in total. The van der Waals surface area contributed by atoms with Crippen molar-refractivity contribution in [2.75, 3.05) is 31.6 Å². The Balaban J connectivity index is 1.66. The summed E-state index contributed by atoms with van der Waals surface area (Å²) in [7, 11) is 1.78. The van der Waals surface area contributed by atoms with Gasteiger partial charge in [0.1, 0.15) is 10.8 Å². The SMILES string of the molecule is CCN(Cc1ccc(N2CCC(OC)CC2)cc1)C(=O)c1nc(Cl)ccc1Cl. The van der Waals surface area contributed by atoms with Crippen LogP contribution >= 0.6 is 23.2 Å². The number of rotatable bonds is 6. The van der Waals surface area contributed by atoms with Crippen molar-refractivity contribution in [1.82, 2.24) is 9.88 Å². The van der Waals surface area contributed by atoms with Gasteiger partial charge in [-0.3, -0.25) is 4.79 Å². The lowest BCUT2D eigenvalue weighted by Gasteiger charge is -2.33. The summed E-state index contributed by atoms with van der Waals surface area (Å²) in [6.45, 7) is 4.97. The van der Waals surface area contributed by atoms with Gasteiger partial charge in [-0.1, -0.05) is 35.3 Å². The van der Waals surface area contributed by atoms with Crippen LogP contribution in [0, 0.1) is 0 Å². The molecule has 1 aromatic heterocycles. The van der Waals surface area contributed by atoms with Crippen LogP contribution in [0.25, 0.3) is 0 Å². The molecule has 2 heterocycles. The number of halogens is 2. The van der Waals surface area contributed by atoms with E-state index in [1.165, 1.54) is 5.69 Å². The lowest BCUT2D eigenvalue weighted by molar-refractivity contribution is 0.0747. The van der Waals surface area contributed by atoms with Crippen LogP contribution in [0.1, 0.15) is 35.8 Å². The molecule has 2 aromatic rings. The van der Waals surface area contributed by atoms with Gasteiger partial charge in [-0.05, 0) is 49.6 Å². The summed E-state index contributed by atoms with van der Waals surface area (Å²) < 4.78 is 5.44. The zero-order valence-corrected chi connectivity index (χ0v) is 17.7. The number of hydrogen-bond donors (Lipinski definition) is 0. The summed E-state index contributed by atoms with van der Waals surface area (Å²) in [5, 5.41) is 0.563. The highest BCUT2D eigenvalue weighted by atomic mass is 35.5. The monoisotopic (exact) mass is 421 g/mol. The van der Waals surface area contributed by atoms with Crippen molar-refractivity contribution in [2.24, 2.45) is 0 Å². The van der Waals surface area contributed by atoms with Gasteiger partial charge in [0, 0.05) is 39.0 Å². The minimum Gasteiger partial charge on any atom is -0.381 e. The van der Waals surface area contributed by atoms with Gasteiger partial charge in [0.15, 0.2) is 0 Å². The highest BCUT2D eigenvalue weighted by molar-refractivity contribution is 6.34. The average Bonchev–Trinajstić information content (AvgIpc) is 2.74. The zero-order chi connectivity index (χ0) is 20.1. The molecule has 1 fully saturated rings. The molecule has 0 aliphatic carbocycles. The van der Waals surface area contributed by atoms with Crippen molar-refractivity contribution < 1.29 is 9.53 Å². The topological polar surface area (TPSA) is 45.7 Å². The Kier molecular flexibility index (Phi) is 7.16. The van der Waals surface area contributed by atoms with Gasteiger partial charge >= 0.3 is 0 Å². The van der Waals surface area contributed by atoms with Crippen LogP contribution in [-0.4, -0.2) is 48.6 Å². The van der Waals surface area contributed by atoms with Crippen LogP contribution in [0.3, 0.4) is 0 Å². The maximum Gasteiger partial charge on any atom is 0.274 e. The van der Waals surface area contributed by atoms with E-state index in [0.717, 1.165) is 31.5 Å². The third-order valence-electron chi connectivity index (χ3n) is 5.13. The Morgan fingerprint density at radius 1 is 1.18 bits per heavy atom. The second-order valence-electron chi connectivity index (χ2n) is 6.87. The largest absolute Gasteiger partial charge is 0.381 e. The Hall–Kier alpha value is -1.82. The molecule has 7 heteroatoms. The van der Waals surface area contributed by atoms with E-state index in [1.54, 1.807) is 24.1 Å². The molecule has 150 valence electrons. The third kappa shape index (κ3) is 4.96. The maximum absolute atomic E-state index is 12.8. The molecule has 1 aliphatic heterocycles. The molecule has 0 atom stereocenters. The van der Waals surface area contributed by atoms with E-state index in [4.69, 9.17) is 27.9 Å². The molecule has 3 rings (SSSR count). The second kappa shape index (κ2) is 9.59. The summed E-state index contributed by atoms with van der Waals surface area (Å²) in [4.78, 5) is 21.0. The number of ether oxygens (including phenoxy) is 1. The summed E-state index contributed by atoms with van der Waals surface area (Å²) >= 11 is 12.1. The highest BCUT2D eigenvalue weighted by Gasteiger charge is 2.21. The summed E-state index contributed by atoms with van der Waals surface area (Å²) in [6.07, 6.45) is 2.46. The fourth-order valence-corrected chi connectivity index (χ4v) is 3.76. The standard InChI is InChI=1S/C21H25Cl2N3O2/c1-3-25(21(27)20-18(22)8-9-19(23)24-20)14-15-4-6-16(7-5-15)26-12-10-17(28-2)11-13-26/h4-9,17H,3,10-14H2,1-2H3. The van der Waals surface area contributed by atoms with E-state index in [-0.39, 0.29) is 16.8 Å². The van der Waals surface area contributed by atoms with Gasteiger partial charge in [-0.2, -0.15) is 0 Å². The summed E-state index contributed by atoms with van der Waals surface area (Å²) in [5.74, 6) is -0.222.